The number of hydrogen-bond acceptors (Lipinski definition) is 2. The van der Waals surface area contributed by atoms with E-state index in [9.17, 15) is 0 Å². The highest BCUT2D eigenvalue weighted by Gasteiger charge is 2.44. The Bertz CT molecular complexity index is 435. The maximum Gasteiger partial charge on any atom is 0.0474 e. The first-order valence-corrected chi connectivity index (χ1v) is 7.14. The summed E-state index contributed by atoms with van der Waals surface area (Å²) in [7, 11) is 0. The SMILES string of the molecule is Cc1ccc2c(c1)C1(CCOCC1)C(CN)CC2. The van der Waals surface area contributed by atoms with Crippen LogP contribution in [0.4, 0.5) is 0 Å². The van der Waals surface area contributed by atoms with Crippen molar-refractivity contribution < 1.29 is 4.74 Å². The summed E-state index contributed by atoms with van der Waals surface area (Å²) in [5, 5.41) is 0. The molecule has 0 amide bonds. The number of rotatable bonds is 1. The van der Waals surface area contributed by atoms with Gasteiger partial charge in [0.05, 0.1) is 0 Å². The van der Waals surface area contributed by atoms with Gasteiger partial charge in [0.1, 0.15) is 0 Å². The summed E-state index contributed by atoms with van der Waals surface area (Å²) in [5.41, 5.74) is 10.9. The largest absolute Gasteiger partial charge is 0.381 e. The van der Waals surface area contributed by atoms with Gasteiger partial charge in [-0.2, -0.15) is 0 Å². The first-order chi connectivity index (χ1) is 8.76. The van der Waals surface area contributed by atoms with E-state index in [1.54, 1.807) is 11.1 Å². The van der Waals surface area contributed by atoms with Crippen LogP contribution >= 0.6 is 0 Å². The Labute approximate surface area is 110 Å². The monoisotopic (exact) mass is 245 g/mol. The average Bonchev–Trinajstić information content (AvgIpc) is 2.41. The van der Waals surface area contributed by atoms with Gasteiger partial charge in [0.25, 0.3) is 0 Å². The van der Waals surface area contributed by atoms with Crippen molar-refractivity contribution in [2.75, 3.05) is 19.8 Å². The first kappa shape index (κ1) is 12.2. The van der Waals surface area contributed by atoms with E-state index < -0.39 is 0 Å². The highest BCUT2D eigenvalue weighted by Crippen LogP contribution is 2.47. The highest BCUT2D eigenvalue weighted by molar-refractivity contribution is 5.41. The van der Waals surface area contributed by atoms with Gasteiger partial charge in [-0.3, -0.25) is 0 Å². The van der Waals surface area contributed by atoms with Crippen molar-refractivity contribution in [1.29, 1.82) is 0 Å². The lowest BCUT2D eigenvalue weighted by atomic mass is 9.59. The van der Waals surface area contributed by atoms with Crippen molar-refractivity contribution in [2.45, 2.75) is 38.0 Å². The van der Waals surface area contributed by atoms with Gasteiger partial charge in [-0.1, -0.05) is 23.8 Å². The zero-order valence-corrected chi connectivity index (χ0v) is 11.2. The number of ether oxygens (including phenoxy) is 1. The van der Waals surface area contributed by atoms with Crippen LogP contribution < -0.4 is 5.73 Å². The predicted octanol–water partition coefficient (Wildman–Crippen LogP) is 2.56. The molecular formula is C16H23NO. The van der Waals surface area contributed by atoms with Gasteiger partial charge in [0, 0.05) is 18.6 Å². The summed E-state index contributed by atoms with van der Waals surface area (Å²) in [6.45, 7) is 4.79. The van der Waals surface area contributed by atoms with Crippen LogP contribution in [0.3, 0.4) is 0 Å². The summed E-state index contributed by atoms with van der Waals surface area (Å²) >= 11 is 0. The normalized spacial score (nSPS) is 26.0. The summed E-state index contributed by atoms with van der Waals surface area (Å²) in [6.07, 6.45) is 4.73. The molecular weight excluding hydrogens is 222 g/mol. The lowest BCUT2D eigenvalue weighted by Gasteiger charge is -2.48. The molecule has 2 nitrogen and oxygen atoms in total. The highest BCUT2D eigenvalue weighted by atomic mass is 16.5. The minimum Gasteiger partial charge on any atom is -0.381 e. The van der Waals surface area contributed by atoms with Crippen LogP contribution in [0.1, 0.15) is 36.0 Å². The van der Waals surface area contributed by atoms with Gasteiger partial charge >= 0.3 is 0 Å². The number of hydrogen-bond donors (Lipinski definition) is 1. The predicted molar refractivity (Wildman–Crippen MR) is 73.8 cm³/mol. The maximum absolute atomic E-state index is 6.06. The molecule has 1 fully saturated rings. The van der Waals surface area contributed by atoms with Gasteiger partial charge in [0.2, 0.25) is 0 Å². The lowest BCUT2D eigenvalue weighted by Crippen LogP contribution is -2.47. The summed E-state index contributed by atoms with van der Waals surface area (Å²) in [6, 6.07) is 6.98. The smallest absolute Gasteiger partial charge is 0.0474 e. The summed E-state index contributed by atoms with van der Waals surface area (Å²) in [5.74, 6) is 0.635. The fraction of sp³-hybridized carbons (Fsp3) is 0.625. The van der Waals surface area contributed by atoms with E-state index >= 15 is 0 Å². The molecule has 1 heterocycles. The van der Waals surface area contributed by atoms with E-state index in [0.29, 0.717) is 11.3 Å². The third-order valence-electron chi connectivity index (χ3n) is 5.01. The molecule has 1 spiro atoms. The van der Waals surface area contributed by atoms with Crippen LogP contribution in [0.15, 0.2) is 18.2 Å². The third kappa shape index (κ3) is 1.79. The molecule has 0 saturated carbocycles. The second-order valence-electron chi connectivity index (χ2n) is 5.90. The second-order valence-corrected chi connectivity index (χ2v) is 5.90. The minimum absolute atomic E-state index is 0.298. The fourth-order valence-electron chi connectivity index (χ4n) is 3.95. The Morgan fingerprint density at radius 1 is 1.33 bits per heavy atom. The van der Waals surface area contributed by atoms with E-state index in [2.05, 4.69) is 25.1 Å². The van der Waals surface area contributed by atoms with Crippen LogP contribution in [0, 0.1) is 12.8 Å². The van der Waals surface area contributed by atoms with E-state index in [1.807, 2.05) is 0 Å². The van der Waals surface area contributed by atoms with Gasteiger partial charge < -0.3 is 10.5 Å². The minimum atomic E-state index is 0.298. The number of fused-ring (bicyclic) bond motifs is 2. The van der Waals surface area contributed by atoms with E-state index in [1.165, 1.54) is 18.4 Å². The van der Waals surface area contributed by atoms with Crippen molar-refractivity contribution in [2.24, 2.45) is 11.7 Å². The van der Waals surface area contributed by atoms with Crippen molar-refractivity contribution in [3.8, 4) is 0 Å². The zero-order chi connectivity index (χ0) is 12.6. The standard InChI is InChI=1S/C16H23NO/c1-12-2-3-13-4-5-14(11-17)16(15(13)10-12)6-8-18-9-7-16/h2-3,10,14H,4-9,11,17H2,1H3. The van der Waals surface area contributed by atoms with Crippen molar-refractivity contribution in [3.05, 3.63) is 34.9 Å². The third-order valence-corrected chi connectivity index (χ3v) is 5.01. The number of aryl methyl sites for hydroxylation is 2. The van der Waals surface area contributed by atoms with Gasteiger partial charge in [-0.05, 0) is 56.2 Å². The molecule has 0 aromatic heterocycles. The topological polar surface area (TPSA) is 35.2 Å². The molecule has 1 saturated heterocycles. The van der Waals surface area contributed by atoms with Crippen LogP contribution in [-0.4, -0.2) is 19.8 Å². The first-order valence-electron chi connectivity index (χ1n) is 7.14. The quantitative estimate of drug-likeness (QED) is 0.825. The Kier molecular flexibility index (Phi) is 3.16. The molecule has 1 aliphatic carbocycles. The van der Waals surface area contributed by atoms with Gasteiger partial charge in [-0.15, -0.1) is 0 Å². The molecule has 1 unspecified atom stereocenters. The molecule has 2 heteroatoms. The van der Waals surface area contributed by atoms with Crippen molar-refractivity contribution in [3.63, 3.8) is 0 Å². The molecule has 98 valence electrons. The molecule has 18 heavy (non-hydrogen) atoms. The molecule has 3 rings (SSSR count). The summed E-state index contributed by atoms with van der Waals surface area (Å²) in [4.78, 5) is 0. The maximum atomic E-state index is 6.06. The number of nitrogens with two attached hydrogens (primary N) is 1. The molecule has 2 aliphatic rings. The van der Waals surface area contributed by atoms with Gasteiger partial charge in [-0.25, -0.2) is 0 Å². The molecule has 1 aromatic rings. The zero-order valence-electron chi connectivity index (χ0n) is 11.2. The fourth-order valence-corrected chi connectivity index (χ4v) is 3.95. The van der Waals surface area contributed by atoms with Crippen LogP contribution in [0.5, 0.6) is 0 Å². The average molecular weight is 245 g/mol. The Morgan fingerprint density at radius 2 is 2.11 bits per heavy atom. The van der Waals surface area contributed by atoms with Crippen LogP contribution in [0.25, 0.3) is 0 Å². The molecule has 1 atom stereocenters. The Morgan fingerprint density at radius 3 is 2.83 bits per heavy atom. The number of benzene rings is 1. The van der Waals surface area contributed by atoms with Gasteiger partial charge in [0.15, 0.2) is 0 Å². The Hall–Kier alpha value is -0.860. The van der Waals surface area contributed by atoms with E-state index in [0.717, 1.165) is 32.6 Å². The molecule has 1 aliphatic heterocycles. The molecule has 0 bridgehead atoms. The molecule has 2 N–H and O–H groups in total. The molecule has 1 aromatic carbocycles. The molecule has 0 radical (unpaired) electrons. The lowest BCUT2D eigenvalue weighted by molar-refractivity contribution is 0.0214. The van der Waals surface area contributed by atoms with Crippen molar-refractivity contribution in [1.82, 2.24) is 0 Å². The van der Waals surface area contributed by atoms with Crippen LogP contribution in [-0.2, 0) is 16.6 Å². The Balaban J connectivity index is 2.10. The van der Waals surface area contributed by atoms with E-state index in [-0.39, 0.29) is 0 Å². The van der Waals surface area contributed by atoms with Crippen molar-refractivity contribution >= 4 is 0 Å². The second kappa shape index (κ2) is 4.67. The van der Waals surface area contributed by atoms with Crippen LogP contribution in [0.2, 0.25) is 0 Å². The summed E-state index contributed by atoms with van der Waals surface area (Å²) < 4.78 is 5.59. The van der Waals surface area contributed by atoms with E-state index in [4.69, 9.17) is 10.5 Å².